The van der Waals surface area contributed by atoms with E-state index in [2.05, 4.69) is 4.72 Å². The molecule has 1 aliphatic carbocycles. The number of benzene rings is 2. The van der Waals surface area contributed by atoms with Crippen molar-refractivity contribution < 1.29 is 13.2 Å². The summed E-state index contributed by atoms with van der Waals surface area (Å²) in [5, 5.41) is 9.29. The van der Waals surface area contributed by atoms with E-state index < -0.39 is 10.0 Å². The standard InChI is InChI=1S/C20H21ClN2O3S/c1-14-2-10-19(11-3-14)27(24,25)23-16-5-8-17(9-6-16)26-18-7-4-15(13-22)20(21)12-18/h2-4,7,10-12,16-17,23H,5-6,8-9H2,1H3/t16-,17-. The van der Waals surface area contributed by atoms with Crippen LogP contribution in [0.2, 0.25) is 5.02 Å². The van der Waals surface area contributed by atoms with E-state index in [4.69, 9.17) is 21.6 Å². The lowest BCUT2D eigenvalue weighted by molar-refractivity contribution is 0.144. The third kappa shape index (κ3) is 5.01. The highest BCUT2D eigenvalue weighted by Crippen LogP contribution is 2.27. The second-order valence-electron chi connectivity index (χ2n) is 6.78. The zero-order valence-electron chi connectivity index (χ0n) is 15.0. The Kier molecular flexibility index (Phi) is 6.05. The maximum atomic E-state index is 12.5. The van der Waals surface area contributed by atoms with Gasteiger partial charge in [-0.1, -0.05) is 29.3 Å². The summed E-state index contributed by atoms with van der Waals surface area (Å²) in [4.78, 5) is 0.290. The molecule has 0 aliphatic heterocycles. The van der Waals surface area contributed by atoms with Gasteiger partial charge < -0.3 is 4.74 Å². The number of halogens is 1. The summed E-state index contributed by atoms with van der Waals surface area (Å²) in [6.45, 7) is 1.92. The number of hydrogen-bond donors (Lipinski definition) is 1. The molecule has 0 amide bonds. The number of nitrogens with one attached hydrogen (secondary N) is 1. The van der Waals surface area contributed by atoms with Crippen LogP contribution in [0.1, 0.15) is 36.8 Å². The molecular formula is C20H21ClN2O3S. The van der Waals surface area contributed by atoms with E-state index >= 15 is 0 Å². The van der Waals surface area contributed by atoms with Crippen molar-refractivity contribution in [3.05, 3.63) is 58.6 Å². The zero-order valence-corrected chi connectivity index (χ0v) is 16.6. The van der Waals surface area contributed by atoms with Crippen LogP contribution in [0.15, 0.2) is 47.4 Å². The molecule has 0 bridgehead atoms. The quantitative estimate of drug-likeness (QED) is 0.810. The first-order valence-electron chi connectivity index (χ1n) is 8.83. The van der Waals surface area contributed by atoms with E-state index in [0.29, 0.717) is 34.1 Å². The molecule has 142 valence electrons. The molecule has 0 saturated heterocycles. The van der Waals surface area contributed by atoms with Crippen LogP contribution in [0.5, 0.6) is 5.75 Å². The normalized spacial score (nSPS) is 20.0. The van der Waals surface area contributed by atoms with Crippen molar-refractivity contribution in [2.75, 3.05) is 0 Å². The van der Waals surface area contributed by atoms with Crippen molar-refractivity contribution in [2.24, 2.45) is 0 Å². The van der Waals surface area contributed by atoms with Crippen molar-refractivity contribution in [2.45, 2.75) is 49.6 Å². The minimum absolute atomic E-state index is 0.00845. The van der Waals surface area contributed by atoms with Gasteiger partial charge in [-0.15, -0.1) is 0 Å². The fourth-order valence-electron chi connectivity index (χ4n) is 3.16. The number of ether oxygens (including phenoxy) is 1. The lowest BCUT2D eigenvalue weighted by Gasteiger charge is -2.29. The highest BCUT2D eigenvalue weighted by atomic mass is 35.5. The van der Waals surface area contributed by atoms with Crippen LogP contribution < -0.4 is 9.46 Å². The summed E-state index contributed by atoms with van der Waals surface area (Å²) in [6.07, 6.45) is 2.92. The molecule has 0 unspecified atom stereocenters. The summed E-state index contributed by atoms with van der Waals surface area (Å²) in [5.41, 5.74) is 1.44. The second kappa shape index (κ2) is 8.30. The number of aryl methyl sites for hydroxylation is 1. The molecule has 1 saturated carbocycles. The van der Waals surface area contributed by atoms with E-state index in [0.717, 1.165) is 18.4 Å². The Balaban J connectivity index is 1.55. The summed E-state index contributed by atoms with van der Waals surface area (Å²) in [5.74, 6) is 0.627. The molecule has 1 fully saturated rings. The Hall–Kier alpha value is -2.07. The van der Waals surface area contributed by atoms with Crippen LogP contribution in [-0.4, -0.2) is 20.6 Å². The van der Waals surface area contributed by atoms with Crippen molar-refractivity contribution >= 4 is 21.6 Å². The van der Waals surface area contributed by atoms with Gasteiger partial charge in [-0.3, -0.25) is 0 Å². The summed E-state index contributed by atoms with van der Waals surface area (Å²) >= 11 is 6.03. The summed E-state index contributed by atoms with van der Waals surface area (Å²) in [7, 11) is -3.51. The first-order chi connectivity index (χ1) is 12.9. The van der Waals surface area contributed by atoms with Crippen molar-refractivity contribution in [3.63, 3.8) is 0 Å². The minimum atomic E-state index is -3.51. The first kappa shape index (κ1) is 19.7. The van der Waals surface area contributed by atoms with Gasteiger partial charge in [-0.25, -0.2) is 13.1 Å². The molecule has 0 radical (unpaired) electrons. The number of rotatable bonds is 5. The zero-order chi connectivity index (χ0) is 19.4. The first-order valence-corrected chi connectivity index (χ1v) is 10.7. The van der Waals surface area contributed by atoms with Crippen LogP contribution in [-0.2, 0) is 10.0 Å². The maximum Gasteiger partial charge on any atom is 0.240 e. The fraction of sp³-hybridized carbons (Fsp3) is 0.350. The Morgan fingerprint density at radius 1 is 1.11 bits per heavy atom. The fourth-order valence-corrected chi connectivity index (χ4v) is 4.67. The van der Waals surface area contributed by atoms with Gasteiger partial charge in [0.05, 0.1) is 21.6 Å². The van der Waals surface area contributed by atoms with Crippen molar-refractivity contribution in [1.82, 2.24) is 4.72 Å². The predicted molar refractivity (Wildman–Crippen MR) is 104 cm³/mol. The predicted octanol–water partition coefficient (Wildman–Crippen LogP) is 4.19. The third-order valence-corrected chi connectivity index (χ3v) is 6.54. The van der Waals surface area contributed by atoms with Gasteiger partial charge in [0.15, 0.2) is 0 Å². The molecule has 0 atom stereocenters. The van der Waals surface area contributed by atoms with Crippen LogP contribution in [0.3, 0.4) is 0 Å². The smallest absolute Gasteiger partial charge is 0.240 e. The van der Waals surface area contributed by atoms with E-state index in [1.807, 2.05) is 13.0 Å². The molecular weight excluding hydrogens is 384 g/mol. The Morgan fingerprint density at radius 3 is 2.37 bits per heavy atom. The Bertz CT molecular complexity index is 944. The number of nitrogens with zero attached hydrogens (tertiary/aromatic N) is 1. The lowest BCUT2D eigenvalue weighted by atomic mass is 9.93. The molecule has 7 heteroatoms. The molecule has 2 aromatic carbocycles. The van der Waals surface area contributed by atoms with Gasteiger partial charge in [0.25, 0.3) is 0 Å². The largest absolute Gasteiger partial charge is 0.490 e. The molecule has 2 aromatic rings. The topological polar surface area (TPSA) is 79.2 Å². The van der Waals surface area contributed by atoms with Gasteiger partial charge in [-0.05, 0) is 56.9 Å². The third-order valence-electron chi connectivity index (χ3n) is 4.69. The van der Waals surface area contributed by atoms with Crippen molar-refractivity contribution in [1.29, 1.82) is 5.26 Å². The van der Waals surface area contributed by atoms with Gasteiger partial charge in [-0.2, -0.15) is 5.26 Å². The second-order valence-corrected chi connectivity index (χ2v) is 8.90. The number of sulfonamides is 1. The molecule has 0 aromatic heterocycles. The Labute approximate surface area is 165 Å². The highest BCUT2D eigenvalue weighted by molar-refractivity contribution is 7.89. The van der Waals surface area contributed by atoms with E-state index in [9.17, 15) is 8.42 Å². The molecule has 0 spiro atoms. The lowest BCUT2D eigenvalue weighted by Crippen LogP contribution is -2.39. The highest BCUT2D eigenvalue weighted by Gasteiger charge is 2.26. The van der Waals surface area contributed by atoms with Crippen LogP contribution in [0.25, 0.3) is 0 Å². The van der Waals surface area contributed by atoms with E-state index in [1.165, 1.54) is 0 Å². The summed E-state index contributed by atoms with van der Waals surface area (Å²) in [6, 6.07) is 13.8. The van der Waals surface area contributed by atoms with Crippen LogP contribution >= 0.6 is 11.6 Å². The number of hydrogen-bond acceptors (Lipinski definition) is 4. The van der Waals surface area contributed by atoms with E-state index in [-0.39, 0.29) is 12.1 Å². The Morgan fingerprint density at radius 2 is 1.78 bits per heavy atom. The van der Waals surface area contributed by atoms with Gasteiger partial charge in [0.2, 0.25) is 10.0 Å². The molecule has 3 rings (SSSR count). The minimum Gasteiger partial charge on any atom is -0.490 e. The maximum absolute atomic E-state index is 12.5. The monoisotopic (exact) mass is 404 g/mol. The molecule has 27 heavy (non-hydrogen) atoms. The molecule has 1 aliphatic rings. The number of nitriles is 1. The van der Waals surface area contributed by atoms with Gasteiger partial charge in [0.1, 0.15) is 11.8 Å². The molecule has 1 N–H and O–H groups in total. The SMILES string of the molecule is Cc1ccc(S(=O)(=O)N[C@H]2CC[C@H](Oc3ccc(C#N)c(Cl)c3)CC2)cc1. The van der Waals surface area contributed by atoms with Crippen LogP contribution in [0.4, 0.5) is 0 Å². The van der Waals surface area contributed by atoms with E-state index in [1.54, 1.807) is 42.5 Å². The summed E-state index contributed by atoms with van der Waals surface area (Å²) < 4.78 is 33.7. The average molecular weight is 405 g/mol. The van der Waals surface area contributed by atoms with Gasteiger partial charge >= 0.3 is 0 Å². The molecule has 5 nitrogen and oxygen atoms in total. The van der Waals surface area contributed by atoms with Gasteiger partial charge in [0, 0.05) is 12.1 Å². The van der Waals surface area contributed by atoms with Crippen molar-refractivity contribution in [3.8, 4) is 11.8 Å². The molecule has 0 heterocycles. The van der Waals surface area contributed by atoms with Crippen LogP contribution in [0, 0.1) is 18.3 Å². The average Bonchev–Trinajstić information content (AvgIpc) is 2.64.